The van der Waals surface area contributed by atoms with Gasteiger partial charge in [0.05, 0.1) is 0 Å². The van der Waals surface area contributed by atoms with Crippen molar-refractivity contribution in [1.29, 1.82) is 0 Å². The highest BCUT2D eigenvalue weighted by molar-refractivity contribution is 7.08. The Morgan fingerprint density at radius 3 is 2.83 bits per heavy atom. The molecule has 0 radical (unpaired) electrons. The van der Waals surface area contributed by atoms with Crippen LogP contribution in [0.2, 0.25) is 0 Å². The minimum atomic E-state index is 0.737. The van der Waals surface area contributed by atoms with E-state index in [1.54, 1.807) is 15.9 Å². The number of benzene rings is 1. The van der Waals surface area contributed by atoms with E-state index in [2.05, 4.69) is 45.7 Å². The van der Waals surface area contributed by atoms with Gasteiger partial charge in [-0.3, -0.25) is 0 Å². The minimum absolute atomic E-state index is 0.737. The van der Waals surface area contributed by atoms with Gasteiger partial charge in [-0.15, -0.1) is 15.3 Å². The maximum Gasteiger partial charge on any atom is 0.186 e. The predicted octanol–water partition coefficient (Wildman–Crippen LogP) is 3.77. The normalized spacial score (nSPS) is 11.0. The van der Waals surface area contributed by atoms with Gasteiger partial charge in [-0.1, -0.05) is 24.3 Å². The van der Waals surface area contributed by atoms with Crippen LogP contribution < -0.4 is 5.32 Å². The summed E-state index contributed by atoms with van der Waals surface area (Å²) in [5.74, 6) is 1.57. The Morgan fingerprint density at radius 1 is 1.09 bits per heavy atom. The summed E-state index contributed by atoms with van der Waals surface area (Å²) < 4.78 is 1.78. The molecule has 0 aliphatic carbocycles. The van der Waals surface area contributed by atoms with Crippen molar-refractivity contribution in [2.45, 2.75) is 13.5 Å². The van der Waals surface area contributed by atoms with Gasteiger partial charge in [0.2, 0.25) is 0 Å². The molecule has 0 atom stereocenters. The molecular formula is C17H15N5S. The van der Waals surface area contributed by atoms with Gasteiger partial charge in [-0.05, 0) is 41.6 Å². The van der Waals surface area contributed by atoms with Crippen molar-refractivity contribution in [3.05, 3.63) is 64.4 Å². The summed E-state index contributed by atoms with van der Waals surface area (Å²) in [6, 6.07) is 14.2. The summed E-state index contributed by atoms with van der Waals surface area (Å²) >= 11 is 1.64. The first-order valence-electron chi connectivity index (χ1n) is 7.35. The number of thiophene rings is 1. The molecule has 0 amide bonds. The zero-order chi connectivity index (χ0) is 15.6. The SMILES string of the molecule is Cc1ccccc1CNc1ccc2nnc(-c3ccsc3)n2n1. The molecule has 3 aromatic heterocycles. The van der Waals surface area contributed by atoms with Crippen molar-refractivity contribution in [2.24, 2.45) is 0 Å². The van der Waals surface area contributed by atoms with Gasteiger partial charge < -0.3 is 5.32 Å². The summed E-state index contributed by atoms with van der Waals surface area (Å²) in [5, 5.41) is 20.5. The van der Waals surface area contributed by atoms with Crippen LogP contribution in [0.4, 0.5) is 5.82 Å². The molecule has 0 fully saturated rings. The van der Waals surface area contributed by atoms with Crippen LogP contribution in [0.1, 0.15) is 11.1 Å². The highest BCUT2D eigenvalue weighted by Crippen LogP contribution is 2.21. The molecule has 0 saturated carbocycles. The minimum Gasteiger partial charge on any atom is -0.365 e. The van der Waals surface area contributed by atoms with Gasteiger partial charge in [-0.25, -0.2) is 0 Å². The molecule has 0 bridgehead atoms. The van der Waals surface area contributed by atoms with Crippen LogP contribution in [-0.4, -0.2) is 19.8 Å². The van der Waals surface area contributed by atoms with Crippen molar-refractivity contribution in [2.75, 3.05) is 5.32 Å². The third kappa shape index (κ3) is 2.68. The fourth-order valence-electron chi connectivity index (χ4n) is 2.45. The van der Waals surface area contributed by atoms with Crippen LogP contribution in [0.15, 0.2) is 53.2 Å². The van der Waals surface area contributed by atoms with Gasteiger partial charge >= 0.3 is 0 Å². The van der Waals surface area contributed by atoms with Gasteiger partial charge in [0.15, 0.2) is 11.5 Å². The standard InChI is InChI=1S/C17H15N5S/c1-12-4-2-3-5-13(12)10-18-15-6-7-16-19-20-17(22(16)21-15)14-8-9-23-11-14/h2-9,11H,10H2,1H3,(H,18,21). The summed E-state index contributed by atoms with van der Waals surface area (Å²) in [7, 11) is 0. The largest absolute Gasteiger partial charge is 0.365 e. The van der Waals surface area contributed by atoms with Crippen LogP contribution in [0.25, 0.3) is 17.0 Å². The highest BCUT2D eigenvalue weighted by atomic mass is 32.1. The van der Waals surface area contributed by atoms with Crippen molar-refractivity contribution >= 4 is 22.8 Å². The second-order valence-corrected chi connectivity index (χ2v) is 6.08. The van der Waals surface area contributed by atoms with Crippen LogP contribution in [0.3, 0.4) is 0 Å². The Kier molecular flexibility index (Phi) is 3.51. The number of aryl methyl sites for hydroxylation is 1. The van der Waals surface area contributed by atoms with Crippen LogP contribution >= 0.6 is 11.3 Å². The Labute approximate surface area is 137 Å². The fraction of sp³-hybridized carbons (Fsp3) is 0.118. The molecule has 1 N–H and O–H groups in total. The third-order valence-electron chi connectivity index (χ3n) is 3.76. The Hall–Kier alpha value is -2.73. The molecule has 6 heteroatoms. The average molecular weight is 321 g/mol. The Morgan fingerprint density at radius 2 is 2.00 bits per heavy atom. The number of hydrogen-bond donors (Lipinski definition) is 1. The summed E-state index contributed by atoms with van der Waals surface area (Å²) in [5.41, 5.74) is 4.30. The number of rotatable bonds is 4. The zero-order valence-corrected chi connectivity index (χ0v) is 13.4. The van der Waals surface area contributed by atoms with E-state index in [1.165, 1.54) is 11.1 Å². The molecule has 23 heavy (non-hydrogen) atoms. The topological polar surface area (TPSA) is 55.1 Å². The van der Waals surface area contributed by atoms with E-state index in [9.17, 15) is 0 Å². The van der Waals surface area contributed by atoms with Gasteiger partial charge in [-0.2, -0.15) is 15.9 Å². The maximum absolute atomic E-state index is 4.62. The fourth-order valence-corrected chi connectivity index (χ4v) is 3.08. The van der Waals surface area contributed by atoms with E-state index in [4.69, 9.17) is 0 Å². The monoisotopic (exact) mass is 321 g/mol. The van der Waals surface area contributed by atoms with Crippen LogP contribution in [-0.2, 0) is 6.54 Å². The maximum atomic E-state index is 4.62. The Bertz CT molecular complexity index is 943. The molecular weight excluding hydrogens is 306 g/mol. The highest BCUT2D eigenvalue weighted by Gasteiger charge is 2.10. The lowest BCUT2D eigenvalue weighted by Crippen LogP contribution is -2.05. The molecule has 0 spiro atoms. The number of fused-ring (bicyclic) bond motifs is 1. The number of nitrogens with one attached hydrogen (secondary N) is 1. The molecule has 4 rings (SSSR count). The molecule has 0 unspecified atom stereocenters. The van der Waals surface area contributed by atoms with E-state index >= 15 is 0 Å². The molecule has 0 saturated heterocycles. The summed E-state index contributed by atoms with van der Waals surface area (Å²) in [6.45, 7) is 2.85. The lowest BCUT2D eigenvalue weighted by Gasteiger charge is -2.08. The van der Waals surface area contributed by atoms with Gasteiger partial charge in [0.25, 0.3) is 0 Å². The summed E-state index contributed by atoms with van der Waals surface area (Å²) in [6.07, 6.45) is 0. The van der Waals surface area contributed by atoms with Crippen LogP contribution in [0, 0.1) is 6.92 Å². The smallest absolute Gasteiger partial charge is 0.186 e. The number of aromatic nitrogens is 4. The lowest BCUT2D eigenvalue weighted by molar-refractivity contribution is 0.925. The van der Waals surface area contributed by atoms with E-state index in [1.807, 2.05) is 35.0 Å². The molecule has 3 heterocycles. The Balaban J connectivity index is 1.64. The molecule has 114 valence electrons. The van der Waals surface area contributed by atoms with E-state index in [0.29, 0.717) is 0 Å². The van der Waals surface area contributed by atoms with Gasteiger partial charge in [0.1, 0.15) is 5.82 Å². The number of nitrogens with zero attached hydrogens (tertiary/aromatic N) is 4. The van der Waals surface area contributed by atoms with Crippen molar-refractivity contribution in [1.82, 2.24) is 19.8 Å². The van der Waals surface area contributed by atoms with E-state index in [0.717, 1.165) is 29.4 Å². The second-order valence-electron chi connectivity index (χ2n) is 5.30. The molecule has 5 nitrogen and oxygen atoms in total. The van der Waals surface area contributed by atoms with Gasteiger partial charge in [0, 0.05) is 17.5 Å². The molecule has 1 aromatic carbocycles. The van der Waals surface area contributed by atoms with Crippen molar-refractivity contribution < 1.29 is 0 Å². The van der Waals surface area contributed by atoms with E-state index < -0.39 is 0 Å². The first-order chi connectivity index (χ1) is 11.3. The first-order valence-corrected chi connectivity index (χ1v) is 8.29. The predicted molar refractivity (Wildman–Crippen MR) is 92.6 cm³/mol. The molecule has 0 aliphatic rings. The summed E-state index contributed by atoms with van der Waals surface area (Å²) in [4.78, 5) is 0. The van der Waals surface area contributed by atoms with E-state index in [-0.39, 0.29) is 0 Å². The molecule has 0 aliphatic heterocycles. The first kappa shape index (κ1) is 13.9. The second kappa shape index (κ2) is 5.81. The third-order valence-corrected chi connectivity index (χ3v) is 4.45. The average Bonchev–Trinajstić information content (AvgIpc) is 3.22. The number of anilines is 1. The zero-order valence-electron chi connectivity index (χ0n) is 12.6. The van der Waals surface area contributed by atoms with Crippen molar-refractivity contribution in [3.8, 4) is 11.4 Å². The number of hydrogen-bond acceptors (Lipinski definition) is 5. The molecule has 4 aromatic rings. The van der Waals surface area contributed by atoms with Crippen LogP contribution in [0.5, 0.6) is 0 Å². The quantitative estimate of drug-likeness (QED) is 0.621. The lowest BCUT2D eigenvalue weighted by atomic mass is 10.1. The van der Waals surface area contributed by atoms with Crippen molar-refractivity contribution in [3.63, 3.8) is 0 Å².